The van der Waals surface area contributed by atoms with Crippen LogP contribution in [0.15, 0.2) is 6.20 Å². The number of rotatable bonds is 6. The molecule has 0 bridgehead atoms. The van der Waals surface area contributed by atoms with E-state index >= 15 is 0 Å². The van der Waals surface area contributed by atoms with Gasteiger partial charge in [-0.15, -0.1) is 0 Å². The van der Waals surface area contributed by atoms with Crippen molar-refractivity contribution in [3.8, 4) is 0 Å². The Hall–Kier alpha value is -0.870. The standard InChI is InChI=1S/C13H23N3O/c1-11-12(9-15-16(11)2)8-14-10-13(6-7-17)4-3-5-13/h9,14,17H,3-8,10H2,1-2H3. The predicted octanol–water partition coefficient (Wildman–Crippen LogP) is 1.37. The normalized spacial score (nSPS) is 18.1. The number of aromatic nitrogens is 2. The highest BCUT2D eigenvalue weighted by molar-refractivity contribution is 5.15. The predicted molar refractivity (Wildman–Crippen MR) is 67.6 cm³/mol. The fourth-order valence-corrected chi connectivity index (χ4v) is 2.61. The second kappa shape index (κ2) is 5.19. The number of hydrogen-bond donors (Lipinski definition) is 2. The summed E-state index contributed by atoms with van der Waals surface area (Å²) in [5.74, 6) is 0. The van der Waals surface area contributed by atoms with E-state index in [4.69, 9.17) is 5.11 Å². The zero-order valence-electron chi connectivity index (χ0n) is 10.9. The van der Waals surface area contributed by atoms with Crippen LogP contribution in [0.4, 0.5) is 0 Å². The summed E-state index contributed by atoms with van der Waals surface area (Å²) in [5, 5.41) is 16.8. The van der Waals surface area contributed by atoms with E-state index < -0.39 is 0 Å². The van der Waals surface area contributed by atoms with Crippen molar-refractivity contribution in [2.24, 2.45) is 12.5 Å². The Balaban J connectivity index is 1.81. The number of aryl methyl sites for hydroxylation is 1. The maximum absolute atomic E-state index is 9.09. The third-order valence-electron chi connectivity index (χ3n) is 4.21. The highest BCUT2D eigenvalue weighted by Gasteiger charge is 2.35. The zero-order valence-corrected chi connectivity index (χ0v) is 10.9. The molecule has 2 N–H and O–H groups in total. The molecule has 1 aromatic rings. The first-order valence-corrected chi connectivity index (χ1v) is 6.46. The molecular formula is C13H23N3O. The maximum atomic E-state index is 9.09. The largest absolute Gasteiger partial charge is 0.396 e. The average molecular weight is 237 g/mol. The van der Waals surface area contributed by atoms with Crippen LogP contribution in [0.5, 0.6) is 0 Å². The SMILES string of the molecule is Cc1c(CNCC2(CCO)CCC2)cnn1C. The molecule has 4 nitrogen and oxygen atoms in total. The van der Waals surface area contributed by atoms with Crippen molar-refractivity contribution in [2.45, 2.75) is 39.2 Å². The van der Waals surface area contributed by atoms with Crippen molar-refractivity contribution in [2.75, 3.05) is 13.2 Å². The third-order valence-corrected chi connectivity index (χ3v) is 4.21. The lowest BCUT2D eigenvalue weighted by atomic mass is 9.67. The molecule has 0 saturated heterocycles. The molecule has 0 atom stereocenters. The highest BCUT2D eigenvalue weighted by Crippen LogP contribution is 2.43. The molecule has 1 aliphatic carbocycles. The lowest BCUT2D eigenvalue weighted by molar-refractivity contribution is 0.0859. The van der Waals surface area contributed by atoms with Gasteiger partial charge in [0.1, 0.15) is 0 Å². The molecule has 1 saturated carbocycles. The zero-order chi connectivity index (χ0) is 12.3. The maximum Gasteiger partial charge on any atom is 0.0537 e. The topological polar surface area (TPSA) is 50.1 Å². The quantitative estimate of drug-likeness (QED) is 0.785. The molecule has 0 aliphatic heterocycles. The van der Waals surface area contributed by atoms with E-state index in [1.54, 1.807) is 0 Å². The summed E-state index contributed by atoms with van der Waals surface area (Å²) < 4.78 is 1.91. The number of nitrogens with one attached hydrogen (secondary N) is 1. The lowest BCUT2D eigenvalue weighted by Gasteiger charge is -2.42. The second-order valence-corrected chi connectivity index (χ2v) is 5.31. The van der Waals surface area contributed by atoms with Gasteiger partial charge >= 0.3 is 0 Å². The minimum atomic E-state index is 0.313. The van der Waals surface area contributed by atoms with Crippen LogP contribution < -0.4 is 5.32 Å². The van der Waals surface area contributed by atoms with Crippen molar-refractivity contribution in [1.29, 1.82) is 0 Å². The molecule has 0 radical (unpaired) electrons. The first-order chi connectivity index (χ1) is 8.17. The van der Waals surface area contributed by atoms with Crippen LogP contribution in [-0.4, -0.2) is 28.0 Å². The van der Waals surface area contributed by atoms with Crippen LogP contribution in [0.1, 0.15) is 36.9 Å². The molecule has 0 amide bonds. The molecule has 17 heavy (non-hydrogen) atoms. The average Bonchev–Trinajstić information content (AvgIpc) is 2.57. The van der Waals surface area contributed by atoms with Gasteiger partial charge in [-0.2, -0.15) is 5.10 Å². The van der Waals surface area contributed by atoms with E-state index in [1.165, 1.54) is 30.5 Å². The van der Waals surface area contributed by atoms with Gasteiger partial charge in [-0.25, -0.2) is 0 Å². The Bertz CT molecular complexity index is 369. The molecule has 1 fully saturated rings. The van der Waals surface area contributed by atoms with Crippen molar-refractivity contribution >= 4 is 0 Å². The Morgan fingerprint density at radius 1 is 1.53 bits per heavy atom. The summed E-state index contributed by atoms with van der Waals surface area (Å²) in [4.78, 5) is 0. The summed E-state index contributed by atoms with van der Waals surface area (Å²) >= 11 is 0. The van der Waals surface area contributed by atoms with E-state index in [0.29, 0.717) is 12.0 Å². The number of aliphatic hydroxyl groups excluding tert-OH is 1. The van der Waals surface area contributed by atoms with Crippen molar-refractivity contribution in [1.82, 2.24) is 15.1 Å². The van der Waals surface area contributed by atoms with Gasteiger partial charge in [0.2, 0.25) is 0 Å². The minimum absolute atomic E-state index is 0.313. The molecule has 0 unspecified atom stereocenters. The monoisotopic (exact) mass is 237 g/mol. The van der Waals surface area contributed by atoms with Gasteiger partial charge in [0.05, 0.1) is 6.20 Å². The van der Waals surface area contributed by atoms with Gasteiger partial charge < -0.3 is 10.4 Å². The summed E-state index contributed by atoms with van der Waals surface area (Å²) in [6.07, 6.45) is 6.70. The Kier molecular flexibility index (Phi) is 3.84. The molecule has 96 valence electrons. The summed E-state index contributed by atoms with van der Waals surface area (Å²) in [7, 11) is 1.97. The van der Waals surface area contributed by atoms with Gasteiger partial charge in [-0.1, -0.05) is 6.42 Å². The van der Waals surface area contributed by atoms with E-state index in [-0.39, 0.29) is 0 Å². The van der Waals surface area contributed by atoms with Gasteiger partial charge in [-0.3, -0.25) is 4.68 Å². The number of aliphatic hydroxyl groups is 1. The fourth-order valence-electron chi connectivity index (χ4n) is 2.61. The van der Waals surface area contributed by atoms with Crippen molar-refractivity contribution < 1.29 is 5.11 Å². The smallest absolute Gasteiger partial charge is 0.0537 e. The number of hydrogen-bond acceptors (Lipinski definition) is 3. The molecule has 2 rings (SSSR count). The Morgan fingerprint density at radius 3 is 2.76 bits per heavy atom. The van der Waals surface area contributed by atoms with E-state index in [0.717, 1.165) is 19.5 Å². The molecule has 1 aliphatic rings. The molecular weight excluding hydrogens is 214 g/mol. The van der Waals surface area contributed by atoms with E-state index in [9.17, 15) is 0 Å². The van der Waals surface area contributed by atoms with Gasteiger partial charge in [0.25, 0.3) is 0 Å². The molecule has 0 aromatic carbocycles. The summed E-state index contributed by atoms with van der Waals surface area (Å²) in [6, 6.07) is 0. The first-order valence-electron chi connectivity index (χ1n) is 6.46. The van der Waals surface area contributed by atoms with Gasteiger partial charge in [0.15, 0.2) is 0 Å². The minimum Gasteiger partial charge on any atom is -0.396 e. The van der Waals surface area contributed by atoms with Crippen LogP contribution in [0.3, 0.4) is 0 Å². The van der Waals surface area contributed by atoms with Crippen LogP contribution in [-0.2, 0) is 13.6 Å². The molecule has 1 aromatic heterocycles. The van der Waals surface area contributed by atoms with Crippen LogP contribution in [0, 0.1) is 12.3 Å². The van der Waals surface area contributed by atoms with Crippen LogP contribution in [0.2, 0.25) is 0 Å². The molecule has 0 spiro atoms. The number of nitrogens with zero attached hydrogens (tertiary/aromatic N) is 2. The third kappa shape index (κ3) is 2.69. The van der Waals surface area contributed by atoms with Gasteiger partial charge in [0, 0.05) is 38.0 Å². The highest BCUT2D eigenvalue weighted by atomic mass is 16.3. The van der Waals surface area contributed by atoms with Crippen molar-refractivity contribution in [3.05, 3.63) is 17.5 Å². The second-order valence-electron chi connectivity index (χ2n) is 5.31. The summed E-state index contributed by atoms with van der Waals surface area (Å²) in [5.41, 5.74) is 2.86. The molecule has 4 heteroatoms. The van der Waals surface area contributed by atoms with E-state index in [1.807, 2.05) is 17.9 Å². The summed E-state index contributed by atoms with van der Waals surface area (Å²) in [6.45, 7) is 4.30. The van der Waals surface area contributed by atoms with Crippen molar-refractivity contribution in [3.63, 3.8) is 0 Å². The molecule has 1 heterocycles. The fraction of sp³-hybridized carbons (Fsp3) is 0.769. The Morgan fingerprint density at radius 2 is 2.29 bits per heavy atom. The van der Waals surface area contributed by atoms with Crippen LogP contribution in [0.25, 0.3) is 0 Å². The van der Waals surface area contributed by atoms with Gasteiger partial charge in [-0.05, 0) is 31.6 Å². The lowest BCUT2D eigenvalue weighted by Crippen LogP contribution is -2.40. The van der Waals surface area contributed by atoms with Crippen LogP contribution >= 0.6 is 0 Å². The first kappa shape index (κ1) is 12.6. The Labute approximate surface area is 103 Å². The van der Waals surface area contributed by atoms with E-state index in [2.05, 4.69) is 17.3 Å².